The fourth-order valence-corrected chi connectivity index (χ4v) is 2.64. The van der Waals surface area contributed by atoms with Crippen molar-refractivity contribution in [1.82, 2.24) is 0 Å². The lowest BCUT2D eigenvalue weighted by Gasteiger charge is -2.15. The Balaban J connectivity index is 2.52. The van der Waals surface area contributed by atoms with Gasteiger partial charge in [0.1, 0.15) is 17.2 Å². The van der Waals surface area contributed by atoms with Gasteiger partial charge in [-0.3, -0.25) is 4.79 Å². The number of methoxy groups -OCH3 is 3. The topological polar surface area (TPSA) is 70.8 Å². The lowest BCUT2D eigenvalue weighted by Crippen LogP contribution is -2.11. The summed E-state index contributed by atoms with van der Waals surface area (Å²) in [6.45, 7) is 3.95. The van der Waals surface area contributed by atoms with Gasteiger partial charge in [-0.25, -0.2) is 0 Å². The Morgan fingerprint density at radius 1 is 0.962 bits per heavy atom. The third-order valence-electron chi connectivity index (χ3n) is 4.12. The van der Waals surface area contributed by atoms with Crippen LogP contribution in [0.25, 0.3) is 6.08 Å². The summed E-state index contributed by atoms with van der Waals surface area (Å²) in [7, 11) is 4.67. The summed E-state index contributed by atoms with van der Waals surface area (Å²) in [6, 6.07) is 10.6. The summed E-state index contributed by atoms with van der Waals surface area (Å²) in [5, 5.41) is 0. The van der Waals surface area contributed by atoms with Crippen molar-refractivity contribution in [2.75, 3.05) is 27.1 Å². The first-order valence-electron chi connectivity index (χ1n) is 8.33. The van der Waals surface area contributed by atoms with Crippen LogP contribution in [0.3, 0.4) is 0 Å². The third kappa shape index (κ3) is 4.17. The fraction of sp³-hybridized carbons (Fsp3) is 0.286. The van der Waals surface area contributed by atoms with E-state index in [4.69, 9.17) is 19.9 Å². The van der Waals surface area contributed by atoms with Crippen molar-refractivity contribution in [3.63, 3.8) is 0 Å². The van der Waals surface area contributed by atoms with E-state index in [1.165, 1.54) is 0 Å². The number of ketones is 1. The van der Waals surface area contributed by atoms with E-state index < -0.39 is 0 Å². The maximum Gasteiger partial charge on any atom is 0.193 e. The van der Waals surface area contributed by atoms with Crippen molar-refractivity contribution in [1.29, 1.82) is 0 Å². The molecule has 0 saturated carbocycles. The van der Waals surface area contributed by atoms with Gasteiger partial charge < -0.3 is 19.9 Å². The number of anilines is 1. The lowest BCUT2D eigenvalue weighted by molar-refractivity contribution is 0.102. The first-order valence-corrected chi connectivity index (χ1v) is 8.33. The smallest absolute Gasteiger partial charge is 0.193 e. The summed E-state index contributed by atoms with van der Waals surface area (Å²) in [4.78, 5) is 13.2. The number of Topliss-reactive ketones (excluding diaryl/α,β-unsaturated/α-hetero) is 1. The molecule has 0 saturated heterocycles. The van der Waals surface area contributed by atoms with Gasteiger partial charge in [-0.15, -0.1) is 0 Å². The molecule has 0 fully saturated rings. The molecule has 0 heterocycles. The van der Waals surface area contributed by atoms with Crippen LogP contribution in [-0.2, 0) is 0 Å². The van der Waals surface area contributed by atoms with Crippen LogP contribution in [0, 0.1) is 5.92 Å². The number of ether oxygens (including phenoxy) is 3. The molecule has 0 aliphatic rings. The first-order chi connectivity index (χ1) is 12.4. The van der Waals surface area contributed by atoms with Crippen molar-refractivity contribution in [3.8, 4) is 17.2 Å². The number of hydrogen-bond donors (Lipinski definition) is 1. The van der Waals surface area contributed by atoms with Gasteiger partial charge in [0.2, 0.25) is 0 Å². The standard InChI is InChI=1S/C21H25NO4/c1-13(2)16(10-14-6-8-18(22)20(11-14)26-5)21(23)17-12-15(24-3)7-9-19(17)25-4/h6-13H,22H2,1-5H3. The average molecular weight is 355 g/mol. The van der Waals surface area contributed by atoms with E-state index in [0.29, 0.717) is 34.1 Å². The second-order valence-corrected chi connectivity index (χ2v) is 6.15. The first kappa shape index (κ1) is 19.4. The molecule has 0 aromatic heterocycles. The number of carbonyl (C=O) groups excluding carboxylic acids is 1. The molecule has 0 unspecified atom stereocenters. The zero-order valence-corrected chi connectivity index (χ0v) is 15.8. The van der Waals surface area contributed by atoms with Crippen LogP contribution in [0.5, 0.6) is 17.2 Å². The van der Waals surface area contributed by atoms with Crippen molar-refractivity contribution >= 4 is 17.5 Å². The van der Waals surface area contributed by atoms with E-state index >= 15 is 0 Å². The second kappa shape index (κ2) is 8.43. The molecule has 0 atom stereocenters. The zero-order chi connectivity index (χ0) is 19.3. The molecule has 0 aliphatic carbocycles. The SMILES string of the molecule is COc1ccc(OC)c(C(=O)C(=Cc2ccc(N)c(OC)c2)C(C)C)c1. The lowest BCUT2D eigenvalue weighted by atomic mass is 9.92. The fourth-order valence-electron chi connectivity index (χ4n) is 2.64. The average Bonchev–Trinajstić information content (AvgIpc) is 2.65. The van der Waals surface area contributed by atoms with Gasteiger partial charge in [-0.05, 0) is 47.9 Å². The zero-order valence-electron chi connectivity index (χ0n) is 15.8. The van der Waals surface area contributed by atoms with Crippen molar-refractivity contribution in [3.05, 3.63) is 53.1 Å². The monoisotopic (exact) mass is 355 g/mol. The molecular formula is C21H25NO4. The molecule has 2 rings (SSSR count). The number of nitrogen functional groups attached to an aromatic ring is 1. The Hall–Kier alpha value is -2.95. The Labute approximate surface area is 154 Å². The number of nitrogens with two attached hydrogens (primary N) is 1. The molecule has 5 heteroatoms. The van der Waals surface area contributed by atoms with E-state index in [1.54, 1.807) is 45.6 Å². The minimum Gasteiger partial charge on any atom is -0.497 e. The number of benzene rings is 2. The highest BCUT2D eigenvalue weighted by atomic mass is 16.5. The second-order valence-electron chi connectivity index (χ2n) is 6.15. The quantitative estimate of drug-likeness (QED) is 0.457. The number of carbonyl (C=O) groups is 1. The van der Waals surface area contributed by atoms with E-state index in [-0.39, 0.29) is 11.7 Å². The number of allylic oxidation sites excluding steroid dienone is 1. The highest BCUT2D eigenvalue weighted by Gasteiger charge is 2.20. The molecule has 2 N–H and O–H groups in total. The van der Waals surface area contributed by atoms with Gasteiger partial charge in [-0.2, -0.15) is 0 Å². The Bertz CT molecular complexity index is 825. The van der Waals surface area contributed by atoms with Gasteiger partial charge >= 0.3 is 0 Å². The molecule has 0 radical (unpaired) electrons. The maximum absolute atomic E-state index is 13.2. The number of hydrogen-bond acceptors (Lipinski definition) is 5. The molecule has 26 heavy (non-hydrogen) atoms. The van der Waals surface area contributed by atoms with Crippen LogP contribution in [-0.4, -0.2) is 27.1 Å². The molecule has 0 spiro atoms. The predicted molar refractivity (Wildman–Crippen MR) is 104 cm³/mol. The molecule has 138 valence electrons. The molecule has 2 aromatic carbocycles. The summed E-state index contributed by atoms with van der Waals surface area (Å²) in [6.07, 6.45) is 1.86. The van der Waals surface area contributed by atoms with Crippen LogP contribution in [0.15, 0.2) is 42.0 Å². The third-order valence-corrected chi connectivity index (χ3v) is 4.12. The van der Waals surface area contributed by atoms with E-state index in [1.807, 2.05) is 32.1 Å². The van der Waals surface area contributed by atoms with Gasteiger partial charge in [0, 0.05) is 5.57 Å². The largest absolute Gasteiger partial charge is 0.497 e. The Morgan fingerprint density at radius 2 is 1.65 bits per heavy atom. The van der Waals surface area contributed by atoms with E-state index in [2.05, 4.69) is 0 Å². The summed E-state index contributed by atoms with van der Waals surface area (Å²) in [5.74, 6) is 1.60. The highest BCUT2D eigenvalue weighted by Crippen LogP contribution is 2.30. The summed E-state index contributed by atoms with van der Waals surface area (Å²) < 4.78 is 15.9. The minimum absolute atomic E-state index is 0.0157. The summed E-state index contributed by atoms with van der Waals surface area (Å²) in [5.41, 5.74) is 8.39. The summed E-state index contributed by atoms with van der Waals surface area (Å²) >= 11 is 0. The maximum atomic E-state index is 13.2. The number of rotatable bonds is 7. The van der Waals surface area contributed by atoms with Gasteiger partial charge in [0.25, 0.3) is 0 Å². The van der Waals surface area contributed by atoms with Crippen LogP contribution in [0.1, 0.15) is 29.8 Å². The van der Waals surface area contributed by atoms with Gasteiger partial charge in [0.05, 0.1) is 32.6 Å². The minimum atomic E-state index is -0.105. The van der Waals surface area contributed by atoms with Crippen LogP contribution in [0.4, 0.5) is 5.69 Å². The van der Waals surface area contributed by atoms with Crippen LogP contribution in [0.2, 0.25) is 0 Å². The van der Waals surface area contributed by atoms with E-state index in [0.717, 1.165) is 5.56 Å². The highest BCUT2D eigenvalue weighted by molar-refractivity contribution is 6.13. The predicted octanol–water partition coefficient (Wildman–Crippen LogP) is 4.22. The molecule has 0 bridgehead atoms. The van der Waals surface area contributed by atoms with Crippen molar-refractivity contribution < 1.29 is 19.0 Å². The van der Waals surface area contributed by atoms with E-state index in [9.17, 15) is 4.79 Å². The molecular weight excluding hydrogens is 330 g/mol. The normalized spacial score (nSPS) is 11.4. The Morgan fingerprint density at radius 3 is 2.23 bits per heavy atom. The molecule has 0 aliphatic heterocycles. The Kier molecular flexibility index (Phi) is 6.28. The van der Waals surface area contributed by atoms with Crippen LogP contribution < -0.4 is 19.9 Å². The van der Waals surface area contributed by atoms with Gasteiger partial charge in [0.15, 0.2) is 5.78 Å². The molecule has 0 amide bonds. The van der Waals surface area contributed by atoms with Gasteiger partial charge in [-0.1, -0.05) is 19.9 Å². The van der Waals surface area contributed by atoms with Crippen molar-refractivity contribution in [2.45, 2.75) is 13.8 Å². The molecule has 2 aromatic rings. The van der Waals surface area contributed by atoms with Crippen molar-refractivity contribution in [2.24, 2.45) is 5.92 Å². The molecule has 5 nitrogen and oxygen atoms in total. The van der Waals surface area contributed by atoms with Crippen LogP contribution >= 0.6 is 0 Å².